The molecule has 0 aliphatic carbocycles. The lowest BCUT2D eigenvalue weighted by molar-refractivity contribution is 0.0162. The number of hydrogen-bond donors (Lipinski definition) is 2. The molecule has 1 aliphatic heterocycles. The number of hydrogen-bond acceptors (Lipinski definition) is 8. The summed E-state index contributed by atoms with van der Waals surface area (Å²) >= 11 is 12.8. The first-order chi connectivity index (χ1) is 24.8. The number of likely N-dealkylation sites (N-methyl/N-ethyl adjacent to an activating group) is 1. The quantitative estimate of drug-likeness (QED) is 0.0861. The third-order valence-electron chi connectivity index (χ3n) is 8.79. The monoisotopic (exact) mass is 763 g/mol. The van der Waals surface area contributed by atoms with Gasteiger partial charge in [0, 0.05) is 48.7 Å². The largest absolute Gasteiger partial charge is 0.494 e. The Bertz CT molecular complexity index is 1560. The van der Waals surface area contributed by atoms with E-state index in [0.717, 1.165) is 55.1 Å². The molecule has 12 heteroatoms. The molecular formula is C39H55Cl2N3O6S. The highest BCUT2D eigenvalue weighted by Crippen LogP contribution is 2.38. The van der Waals surface area contributed by atoms with Gasteiger partial charge < -0.3 is 29.2 Å². The molecule has 0 amide bonds. The third kappa shape index (κ3) is 14.6. The maximum Gasteiger partial charge on any atom is 0.240 e. The second-order valence-corrected chi connectivity index (χ2v) is 15.6. The number of rotatable bonds is 25. The lowest BCUT2D eigenvalue weighted by Crippen LogP contribution is -2.31. The van der Waals surface area contributed by atoms with Crippen LogP contribution in [0.3, 0.4) is 0 Å². The van der Waals surface area contributed by atoms with Gasteiger partial charge in [0.15, 0.2) is 0 Å². The van der Waals surface area contributed by atoms with E-state index in [2.05, 4.69) is 34.0 Å². The van der Waals surface area contributed by atoms with Crippen LogP contribution in [-0.2, 0) is 37.3 Å². The minimum atomic E-state index is -3.72. The van der Waals surface area contributed by atoms with Crippen molar-refractivity contribution in [3.63, 3.8) is 0 Å². The molecule has 0 radical (unpaired) electrons. The Balaban J connectivity index is 1.01. The van der Waals surface area contributed by atoms with Gasteiger partial charge in [0.25, 0.3) is 0 Å². The van der Waals surface area contributed by atoms with Crippen LogP contribution in [0.15, 0.2) is 65.6 Å². The smallest absolute Gasteiger partial charge is 0.240 e. The van der Waals surface area contributed by atoms with Gasteiger partial charge in [0.1, 0.15) is 5.75 Å². The Morgan fingerprint density at radius 3 is 2.24 bits per heavy atom. The van der Waals surface area contributed by atoms with Crippen LogP contribution in [0, 0.1) is 0 Å². The molecule has 4 rings (SSSR count). The van der Waals surface area contributed by atoms with Gasteiger partial charge in [-0.3, -0.25) is 0 Å². The van der Waals surface area contributed by atoms with E-state index >= 15 is 0 Å². The van der Waals surface area contributed by atoms with E-state index in [9.17, 15) is 8.42 Å². The highest BCUT2D eigenvalue weighted by atomic mass is 35.5. The van der Waals surface area contributed by atoms with Gasteiger partial charge in [0.05, 0.1) is 51.1 Å². The summed E-state index contributed by atoms with van der Waals surface area (Å²) in [6.45, 7) is 8.68. The lowest BCUT2D eigenvalue weighted by atomic mass is 9.85. The molecule has 0 saturated carbocycles. The van der Waals surface area contributed by atoms with Gasteiger partial charge in [-0.2, -0.15) is 0 Å². The Kier molecular flexibility index (Phi) is 18.5. The normalized spacial score (nSPS) is 14.9. The Morgan fingerprint density at radius 2 is 1.49 bits per heavy atom. The molecule has 0 aromatic heterocycles. The lowest BCUT2D eigenvalue weighted by Gasteiger charge is -2.33. The van der Waals surface area contributed by atoms with E-state index in [1.807, 2.05) is 31.3 Å². The summed E-state index contributed by atoms with van der Waals surface area (Å²) in [5.41, 5.74) is 4.15. The van der Waals surface area contributed by atoms with Gasteiger partial charge in [-0.25, -0.2) is 13.1 Å². The third-order valence-corrected chi connectivity index (χ3v) is 10.8. The molecular weight excluding hydrogens is 709 g/mol. The number of nitrogens with one attached hydrogen (secondary N) is 2. The van der Waals surface area contributed by atoms with Gasteiger partial charge in [-0.15, -0.1) is 0 Å². The molecule has 1 atom stereocenters. The van der Waals surface area contributed by atoms with Crippen molar-refractivity contribution < 1.29 is 27.4 Å². The van der Waals surface area contributed by atoms with Gasteiger partial charge in [-0.1, -0.05) is 86.5 Å². The SMILES string of the molecule is CCCCCCCCOc1ccc(CNCCOCCOCCOCCNS(=O)(=O)c2cccc([C@@H]3CN(C)Cc4c(Cl)cc(Cl)cc43)c2)cc1. The van der Waals surface area contributed by atoms with E-state index in [1.165, 1.54) is 37.7 Å². The zero-order chi connectivity index (χ0) is 36.3. The van der Waals surface area contributed by atoms with Crippen molar-refractivity contribution in [1.82, 2.24) is 14.9 Å². The topological polar surface area (TPSA) is 98.4 Å². The minimum absolute atomic E-state index is 0.0515. The van der Waals surface area contributed by atoms with Crippen LogP contribution in [0.2, 0.25) is 10.0 Å². The molecule has 1 heterocycles. The van der Waals surface area contributed by atoms with E-state index < -0.39 is 10.0 Å². The maximum atomic E-state index is 13.1. The number of fused-ring (bicyclic) bond motifs is 1. The van der Waals surface area contributed by atoms with Crippen LogP contribution in [0.5, 0.6) is 5.75 Å². The van der Waals surface area contributed by atoms with E-state index in [4.69, 9.17) is 42.1 Å². The molecule has 2 N–H and O–H groups in total. The predicted molar refractivity (Wildman–Crippen MR) is 206 cm³/mol. The summed E-state index contributed by atoms with van der Waals surface area (Å²) in [7, 11) is -1.70. The number of nitrogens with zero attached hydrogens (tertiary/aromatic N) is 1. The molecule has 282 valence electrons. The second-order valence-electron chi connectivity index (χ2n) is 12.9. The van der Waals surface area contributed by atoms with Crippen molar-refractivity contribution in [3.05, 3.63) is 93.0 Å². The molecule has 3 aromatic carbocycles. The predicted octanol–water partition coefficient (Wildman–Crippen LogP) is 7.43. The molecule has 1 aliphatic rings. The molecule has 0 fully saturated rings. The second kappa shape index (κ2) is 22.7. The number of ether oxygens (including phenoxy) is 4. The van der Waals surface area contributed by atoms with Crippen molar-refractivity contribution in [2.24, 2.45) is 0 Å². The first kappa shape index (κ1) is 41.5. The fourth-order valence-electron chi connectivity index (χ4n) is 6.06. The summed E-state index contributed by atoms with van der Waals surface area (Å²) in [5, 5.41) is 4.58. The Morgan fingerprint density at radius 1 is 0.804 bits per heavy atom. The summed E-state index contributed by atoms with van der Waals surface area (Å²) in [4.78, 5) is 2.38. The summed E-state index contributed by atoms with van der Waals surface area (Å²) < 4.78 is 51.4. The number of halogens is 2. The molecule has 51 heavy (non-hydrogen) atoms. The summed E-state index contributed by atoms with van der Waals surface area (Å²) in [6, 6.07) is 19.0. The molecule has 0 spiro atoms. The van der Waals surface area contributed by atoms with Crippen LogP contribution in [0.4, 0.5) is 0 Å². The van der Waals surface area contributed by atoms with E-state index in [1.54, 1.807) is 24.3 Å². The van der Waals surface area contributed by atoms with Crippen LogP contribution in [0.1, 0.15) is 73.6 Å². The van der Waals surface area contributed by atoms with Crippen LogP contribution in [-0.4, -0.2) is 86.2 Å². The highest BCUT2D eigenvalue weighted by molar-refractivity contribution is 7.89. The molecule has 9 nitrogen and oxygen atoms in total. The van der Waals surface area contributed by atoms with Crippen LogP contribution >= 0.6 is 23.2 Å². The Labute approximate surface area is 315 Å². The summed E-state index contributed by atoms with van der Waals surface area (Å²) in [5.74, 6) is 0.876. The molecule has 3 aromatic rings. The fourth-order valence-corrected chi connectivity index (χ4v) is 7.69. The van der Waals surface area contributed by atoms with Crippen LogP contribution in [0.25, 0.3) is 0 Å². The zero-order valence-corrected chi connectivity index (χ0v) is 32.5. The number of unbranched alkanes of at least 4 members (excludes halogenated alkanes) is 5. The Hall–Kier alpha value is -2.25. The number of benzene rings is 3. The molecule has 0 bridgehead atoms. The number of sulfonamides is 1. The van der Waals surface area contributed by atoms with Crippen LogP contribution < -0.4 is 14.8 Å². The van der Waals surface area contributed by atoms with E-state index in [0.29, 0.717) is 49.6 Å². The average Bonchev–Trinajstić information content (AvgIpc) is 3.12. The van der Waals surface area contributed by atoms with Crippen molar-refractivity contribution in [3.8, 4) is 5.75 Å². The standard InChI is InChI=1S/C39H55Cl2N3O6S/c1-3-4-5-6-7-8-18-50-34-14-12-31(13-15-34)28-42-16-19-47-21-23-49-24-22-48-20-17-43-51(45,46)35-11-9-10-32(25-35)37-29-44(2)30-38-36(37)26-33(40)27-39(38)41/h9-15,25-27,37,42-43H,3-8,16-24,28-30H2,1-2H3/t37-/m0/s1. The fraction of sp³-hybridized carbons (Fsp3) is 0.538. The van der Waals surface area contributed by atoms with Crippen molar-refractivity contribution in [2.45, 2.75) is 69.4 Å². The van der Waals surface area contributed by atoms with Crippen molar-refractivity contribution in [1.29, 1.82) is 0 Å². The van der Waals surface area contributed by atoms with Crippen molar-refractivity contribution >= 4 is 33.2 Å². The first-order valence-electron chi connectivity index (χ1n) is 18.2. The van der Waals surface area contributed by atoms with Gasteiger partial charge in [0.2, 0.25) is 10.0 Å². The van der Waals surface area contributed by atoms with E-state index in [-0.39, 0.29) is 24.0 Å². The average molecular weight is 765 g/mol. The summed E-state index contributed by atoms with van der Waals surface area (Å²) in [6.07, 6.45) is 7.58. The molecule has 0 unspecified atom stereocenters. The van der Waals surface area contributed by atoms with Gasteiger partial charge >= 0.3 is 0 Å². The highest BCUT2D eigenvalue weighted by Gasteiger charge is 2.28. The first-order valence-corrected chi connectivity index (χ1v) is 20.4. The minimum Gasteiger partial charge on any atom is -0.494 e. The zero-order valence-electron chi connectivity index (χ0n) is 30.1. The van der Waals surface area contributed by atoms with Crippen molar-refractivity contribution in [2.75, 3.05) is 72.9 Å². The molecule has 0 saturated heterocycles. The maximum absolute atomic E-state index is 13.1. The van der Waals surface area contributed by atoms with Gasteiger partial charge in [-0.05, 0) is 72.1 Å².